The number of aromatic nitrogens is 3. The molecule has 0 aliphatic carbocycles. The fourth-order valence-electron chi connectivity index (χ4n) is 3.97. The van der Waals surface area contributed by atoms with Gasteiger partial charge in [-0.25, -0.2) is 0 Å². The van der Waals surface area contributed by atoms with Crippen LogP contribution < -0.4 is 15.2 Å². The molecule has 0 saturated heterocycles. The third-order valence-electron chi connectivity index (χ3n) is 5.96. The Kier molecular flexibility index (Phi) is 9.16. The lowest BCUT2D eigenvalue weighted by Crippen LogP contribution is -2.23. The summed E-state index contributed by atoms with van der Waals surface area (Å²) >= 11 is 0. The second-order valence-electron chi connectivity index (χ2n) is 9.73. The van der Waals surface area contributed by atoms with Crippen LogP contribution in [0.25, 0.3) is 11.3 Å². The van der Waals surface area contributed by atoms with Gasteiger partial charge in [-0.05, 0) is 41.4 Å². The molecule has 200 valence electrons. The number of nitrogens with zero attached hydrogens (tertiary/aromatic N) is 4. The largest absolute Gasteiger partial charge is 0.507 e. The van der Waals surface area contributed by atoms with Gasteiger partial charge in [0.25, 0.3) is 5.88 Å². The highest BCUT2D eigenvalue weighted by molar-refractivity contribution is 5.68. The molecule has 38 heavy (non-hydrogen) atoms. The monoisotopic (exact) mass is 517 g/mol. The van der Waals surface area contributed by atoms with E-state index in [-0.39, 0.29) is 11.6 Å². The van der Waals surface area contributed by atoms with E-state index in [0.717, 1.165) is 30.8 Å². The molecule has 0 saturated carbocycles. The van der Waals surface area contributed by atoms with E-state index in [0.29, 0.717) is 48.4 Å². The van der Waals surface area contributed by atoms with Crippen LogP contribution in [0, 0.1) is 5.92 Å². The smallest absolute Gasteiger partial charge is 0.254 e. The molecule has 0 fully saturated rings. The minimum Gasteiger partial charge on any atom is -0.507 e. The Morgan fingerprint density at radius 3 is 2.50 bits per heavy atom. The van der Waals surface area contributed by atoms with Gasteiger partial charge < -0.3 is 24.8 Å². The summed E-state index contributed by atoms with van der Waals surface area (Å²) in [4.78, 5) is 2.20. The van der Waals surface area contributed by atoms with E-state index < -0.39 is 0 Å². The maximum absolute atomic E-state index is 10.1. The number of phenolic OH excluding ortho intramolecular Hbond substituents is 1. The van der Waals surface area contributed by atoms with Crippen LogP contribution in [0.15, 0.2) is 65.2 Å². The molecule has 4 rings (SSSR count). The van der Waals surface area contributed by atoms with Crippen molar-refractivity contribution >= 4 is 5.82 Å². The first-order valence-corrected chi connectivity index (χ1v) is 12.8. The summed E-state index contributed by atoms with van der Waals surface area (Å²) in [6.45, 7) is 6.85. The van der Waals surface area contributed by atoms with E-state index in [1.165, 1.54) is 5.56 Å². The van der Waals surface area contributed by atoms with Crippen LogP contribution in [-0.4, -0.2) is 52.2 Å². The van der Waals surface area contributed by atoms with Crippen molar-refractivity contribution in [1.82, 2.24) is 20.3 Å². The van der Waals surface area contributed by atoms with Gasteiger partial charge in [0.2, 0.25) is 0 Å². The Bertz CT molecular complexity index is 1310. The van der Waals surface area contributed by atoms with Gasteiger partial charge in [0.1, 0.15) is 23.8 Å². The van der Waals surface area contributed by atoms with Crippen molar-refractivity contribution in [2.45, 2.75) is 33.2 Å². The molecule has 4 aromatic rings. The highest BCUT2D eigenvalue weighted by Crippen LogP contribution is 2.30. The number of aromatic hydroxyl groups is 1. The zero-order valence-electron chi connectivity index (χ0n) is 22.1. The average Bonchev–Trinajstić information content (AvgIpc) is 3.33. The first-order chi connectivity index (χ1) is 18.4. The zero-order chi connectivity index (χ0) is 26.9. The first kappa shape index (κ1) is 26.9. The van der Waals surface area contributed by atoms with Gasteiger partial charge in [0.15, 0.2) is 11.6 Å². The average molecular weight is 518 g/mol. The maximum atomic E-state index is 10.1. The molecule has 0 unspecified atom stereocenters. The minimum atomic E-state index is 0.126. The number of rotatable bonds is 13. The van der Waals surface area contributed by atoms with E-state index in [9.17, 15) is 5.11 Å². The van der Waals surface area contributed by atoms with Crippen molar-refractivity contribution in [2.24, 2.45) is 5.92 Å². The molecule has 0 radical (unpaired) electrons. The summed E-state index contributed by atoms with van der Waals surface area (Å²) in [6.07, 6.45) is 1.57. The molecule has 0 spiro atoms. The number of benzene rings is 2. The number of nitrogens with two attached hydrogens (primary N) is 1. The van der Waals surface area contributed by atoms with Crippen molar-refractivity contribution in [2.75, 3.05) is 32.5 Å². The zero-order valence-corrected chi connectivity index (χ0v) is 22.1. The normalized spacial score (nSPS) is 11.3. The van der Waals surface area contributed by atoms with Gasteiger partial charge in [-0.1, -0.05) is 50.2 Å². The summed E-state index contributed by atoms with van der Waals surface area (Å²) in [5, 5.41) is 22.1. The third kappa shape index (κ3) is 7.69. The second-order valence-corrected chi connectivity index (χ2v) is 9.73. The molecular weight excluding hydrogens is 482 g/mol. The van der Waals surface area contributed by atoms with Crippen molar-refractivity contribution < 1.29 is 19.1 Å². The fraction of sp³-hybridized carbons (Fsp3) is 0.345. The molecule has 2 heterocycles. The van der Waals surface area contributed by atoms with Crippen LogP contribution in [0.4, 0.5) is 5.82 Å². The predicted molar refractivity (Wildman–Crippen MR) is 146 cm³/mol. The lowest BCUT2D eigenvalue weighted by molar-refractivity contribution is 0.217. The van der Waals surface area contributed by atoms with Crippen LogP contribution in [0.2, 0.25) is 0 Å². The summed E-state index contributed by atoms with van der Waals surface area (Å²) in [6, 6.07) is 19.0. The minimum absolute atomic E-state index is 0.126. The van der Waals surface area contributed by atoms with Crippen molar-refractivity contribution in [3.8, 4) is 28.6 Å². The SMILES string of the molecule is CC(C)Cc1cc(OCCN(C)Cc2ccc(CCOc3cc(-c4ccccc4O)nnc3N)cc2)no1. The number of ether oxygens (including phenoxy) is 2. The highest BCUT2D eigenvalue weighted by atomic mass is 16.5. The summed E-state index contributed by atoms with van der Waals surface area (Å²) in [7, 11) is 2.06. The molecule has 0 amide bonds. The molecule has 2 aromatic heterocycles. The van der Waals surface area contributed by atoms with Gasteiger partial charge in [0, 0.05) is 43.6 Å². The molecule has 9 heteroatoms. The van der Waals surface area contributed by atoms with E-state index >= 15 is 0 Å². The van der Waals surface area contributed by atoms with E-state index in [1.807, 2.05) is 12.1 Å². The van der Waals surface area contributed by atoms with Crippen LogP contribution in [0.1, 0.15) is 30.7 Å². The van der Waals surface area contributed by atoms with Crippen LogP contribution in [-0.2, 0) is 19.4 Å². The number of hydrogen-bond acceptors (Lipinski definition) is 9. The number of nitrogen functional groups attached to an aromatic ring is 1. The second kappa shape index (κ2) is 12.9. The Hall–Kier alpha value is -4.11. The number of phenols is 1. The quantitative estimate of drug-likeness (QED) is 0.259. The number of hydrogen-bond donors (Lipinski definition) is 2. The first-order valence-electron chi connectivity index (χ1n) is 12.8. The lowest BCUT2D eigenvalue weighted by Gasteiger charge is -2.16. The Morgan fingerprint density at radius 2 is 1.74 bits per heavy atom. The van der Waals surface area contributed by atoms with Gasteiger partial charge in [0.05, 0.1) is 6.61 Å². The van der Waals surface area contributed by atoms with Gasteiger partial charge >= 0.3 is 0 Å². The van der Waals surface area contributed by atoms with E-state index in [1.54, 1.807) is 24.3 Å². The van der Waals surface area contributed by atoms with Crippen molar-refractivity contribution in [3.63, 3.8) is 0 Å². The number of anilines is 1. The van der Waals surface area contributed by atoms with Gasteiger partial charge in [-0.3, -0.25) is 4.90 Å². The number of para-hydroxylation sites is 1. The third-order valence-corrected chi connectivity index (χ3v) is 5.96. The molecule has 3 N–H and O–H groups in total. The topological polar surface area (TPSA) is 120 Å². The maximum Gasteiger partial charge on any atom is 0.254 e. The number of likely N-dealkylation sites (N-methyl/N-ethyl adjacent to an activating group) is 1. The fourth-order valence-corrected chi connectivity index (χ4v) is 3.97. The van der Waals surface area contributed by atoms with Crippen molar-refractivity contribution in [3.05, 3.63) is 77.6 Å². The predicted octanol–water partition coefficient (Wildman–Crippen LogP) is 4.75. The van der Waals surface area contributed by atoms with Crippen molar-refractivity contribution in [1.29, 1.82) is 0 Å². The Balaban J connectivity index is 1.21. The molecule has 9 nitrogen and oxygen atoms in total. The molecule has 0 aliphatic rings. The Morgan fingerprint density at radius 1 is 0.974 bits per heavy atom. The van der Waals surface area contributed by atoms with Crippen LogP contribution >= 0.6 is 0 Å². The standard InChI is InChI=1S/C29H35N5O4/c1-20(2)16-23-17-28(33-38-23)37-15-13-34(3)19-22-10-8-21(9-11-22)12-14-36-27-18-25(31-32-29(27)30)24-6-4-5-7-26(24)35/h4-11,17-18,20,35H,12-16,19H2,1-3H3,(H2,30,32). The van der Waals surface area contributed by atoms with Gasteiger partial charge in [-0.2, -0.15) is 0 Å². The molecule has 2 aromatic carbocycles. The molecule has 0 aliphatic heterocycles. The molecular formula is C29H35N5O4. The van der Waals surface area contributed by atoms with E-state index in [2.05, 4.69) is 65.4 Å². The van der Waals surface area contributed by atoms with Gasteiger partial charge in [-0.15, -0.1) is 10.2 Å². The van der Waals surface area contributed by atoms with Crippen LogP contribution in [0.5, 0.6) is 17.4 Å². The molecule has 0 bridgehead atoms. The summed E-state index contributed by atoms with van der Waals surface area (Å²) in [5.41, 5.74) is 9.40. The van der Waals surface area contributed by atoms with E-state index in [4.69, 9.17) is 19.7 Å². The summed E-state index contributed by atoms with van der Waals surface area (Å²) in [5.74, 6) is 2.70. The van der Waals surface area contributed by atoms with Crippen LogP contribution in [0.3, 0.4) is 0 Å². The Labute approximate surface area is 223 Å². The summed E-state index contributed by atoms with van der Waals surface area (Å²) < 4.78 is 16.9. The lowest BCUT2D eigenvalue weighted by atomic mass is 10.1. The molecule has 0 atom stereocenters. The highest BCUT2D eigenvalue weighted by Gasteiger charge is 2.11.